The number of fused-ring (bicyclic) bond motifs is 1. The van der Waals surface area contributed by atoms with Gasteiger partial charge in [0.05, 0.1) is 23.5 Å². The van der Waals surface area contributed by atoms with E-state index in [1.807, 2.05) is 32.9 Å². The Bertz CT molecular complexity index is 782. The van der Waals surface area contributed by atoms with Gasteiger partial charge >= 0.3 is 5.97 Å². The zero-order valence-corrected chi connectivity index (χ0v) is 20.0. The molecule has 6 heteroatoms. The molecule has 2 aliphatic rings. The van der Waals surface area contributed by atoms with Gasteiger partial charge in [-0.1, -0.05) is 37.1 Å². The quantitative estimate of drug-likeness (QED) is 0.568. The fourth-order valence-electron chi connectivity index (χ4n) is 5.30. The number of hydrogen-bond donors (Lipinski definition) is 2. The lowest BCUT2D eigenvalue weighted by Crippen LogP contribution is -2.56. The molecule has 3 rings (SSSR count). The zero-order valence-electron chi connectivity index (χ0n) is 20.0. The fraction of sp³-hybridized carbons (Fsp3) is 0.692. The highest BCUT2D eigenvalue weighted by molar-refractivity contribution is 5.85. The first kappa shape index (κ1) is 24.7. The summed E-state index contributed by atoms with van der Waals surface area (Å²) in [5, 5.41) is 13.5. The molecule has 178 valence electrons. The predicted octanol–water partition coefficient (Wildman–Crippen LogP) is 3.58. The number of hydrogen-bond acceptors (Lipinski definition) is 5. The molecule has 0 saturated heterocycles. The Hall–Kier alpha value is -1.92. The van der Waals surface area contributed by atoms with Crippen molar-refractivity contribution in [1.82, 2.24) is 5.32 Å². The van der Waals surface area contributed by atoms with Crippen molar-refractivity contribution in [3.63, 3.8) is 0 Å². The van der Waals surface area contributed by atoms with E-state index in [-0.39, 0.29) is 18.5 Å². The first-order valence-corrected chi connectivity index (χ1v) is 11.8. The van der Waals surface area contributed by atoms with Gasteiger partial charge in [0.1, 0.15) is 5.60 Å². The van der Waals surface area contributed by atoms with Crippen molar-refractivity contribution < 1.29 is 24.2 Å². The minimum Gasteiger partial charge on any atom is -0.460 e. The molecule has 0 aliphatic heterocycles. The Morgan fingerprint density at radius 3 is 2.22 bits per heavy atom. The van der Waals surface area contributed by atoms with Gasteiger partial charge in [0.15, 0.2) is 0 Å². The van der Waals surface area contributed by atoms with Gasteiger partial charge < -0.3 is 19.9 Å². The van der Waals surface area contributed by atoms with Crippen LogP contribution in [0.5, 0.6) is 0 Å². The highest BCUT2D eigenvalue weighted by Crippen LogP contribution is 2.45. The first-order valence-electron chi connectivity index (χ1n) is 11.8. The number of esters is 1. The third-order valence-corrected chi connectivity index (χ3v) is 6.95. The minimum atomic E-state index is -0.676. The van der Waals surface area contributed by atoms with Crippen LogP contribution in [0.15, 0.2) is 24.3 Å². The molecule has 1 aromatic rings. The molecule has 0 radical (unpaired) electrons. The maximum Gasteiger partial charge on any atom is 0.309 e. The lowest BCUT2D eigenvalue weighted by Gasteiger charge is -2.37. The topological polar surface area (TPSA) is 84.9 Å². The molecule has 1 amide bonds. The summed E-state index contributed by atoms with van der Waals surface area (Å²) in [5.74, 6) is -0.703. The number of carbonyl (C=O) groups excluding carboxylic acids is 2. The van der Waals surface area contributed by atoms with Gasteiger partial charge in [0.2, 0.25) is 5.91 Å². The molecule has 0 spiro atoms. The Kier molecular flexibility index (Phi) is 7.66. The van der Waals surface area contributed by atoms with E-state index < -0.39 is 22.5 Å². The van der Waals surface area contributed by atoms with Crippen LogP contribution >= 0.6 is 0 Å². The maximum absolute atomic E-state index is 13.7. The first-order chi connectivity index (χ1) is 15.1. The predicted molar refractivity (Wildman–Crippen MR) is 123 cm³/mol. The summed E-state index contributed by atoms with van der Waals surface area (Å²) in [6, 6.07) is 8.11. The Labute approximate surface area is 192 Å². The zero-order chi connectivity index (χ0) is 23.4. The molecule has 0 heterocycles. The van der Waals surface area contributed by atoms with Crippen molar-refractivity contribution in [3.8, 4) is 0 Å². The Morgan fingerprint density at radius 1 is 1.12 bits per heavy atom. The lowest BCUT2D eigenvalue weighted by molar-refractivity contribution is -0.162. The SMILES string of the molecule is COCCC(CC1(C(=O)NC2(CO)Cc3ccccc3C2)CCCC1)C(=O)OC(C)(C)C. The monoisotopic (exact) mass is 445 g/mol. The molecule has 1 aromatic carbocycles. The van der Waals surface area contributed by atoms with Crippen LogP contribution in [0.2, 0.25) is 0 Å². The lowest BCUT2D eigenvalue weighted by atomic mass is 9.75. The van der Waals surface area contributed by atoms with Crippen LogP contribution in [0.3, 0.4) is 0 Å². The second kappa shape index (κ2) is 9.92. The number of aliphatic hydroxyl groups is 1. The summed E-state index contributed by atoms with van der Waals surface area (Å²) in [5.41, 5.74) is 0.476. The second-order valence-corrected chi connectivity index (χ2v) is 10.7. The largest absolute Gasteiger partial charge is 0.460 e. The Morgan fingerprint density at radius 2 is 1.72 bits per heavy atom. The number of benzene rings is 1. The van der Waals surface area contributed by atoms with Crippen molar-refractivity contribution in [2.75, 3.05) is 20.3 Å². The van der Waals surface area contributed by atoms with E-state index in [4.69, 9.17) is 9.47 Å². The van der Waals surface area contributed by atoms with Gasteiger partial charge in [0, 0.05) is 13.7 Å². The van der Waals surface area contributed by atoms with Gasteiger partial charge in [-0.05, 0) is 70.4 Å². The molecular weight excluding hydrogens is 406 g/mol. The van der Waals surface area contributed by atoms with E-state index in [0.29, 0.717) is 32.3 Å². The van der Waals surface area contributed by atoms with Crippen molar-refractivity contribution in [3.05, 3.63) is 35.4 Å². The molecule has 0 bridgehead atoms. The summed E-state index contributed by atoms with van der Waals surface area (Å²) in [7, 11) is 1.62. The summed E-state index contributed by atoms with van der Waals surface area (Å²) >= 11 is 0. The van der Waals surface area contributed by atoms with E-state index in [2.05, 4.69) is 17.4 Å². The Balaban J connectivity index is 1.78. The average molecular weight is 446 g/mol. The molecular formula is C26H39NO5. The van der Waals surface area contributed by atoms with Crippen molar-refractivity contribution >= 4 is 11.9 Å². The molecule has 1 atom stereocenters. The van der Waals surface area contributed by atoms with Crippen LogP contribution in [0.4, 0.5) is 0 Å². The normalized spacial score (nSPS) is 19.9. The summed E-state index contributed by atoms with van der Waals surface area (Å²) in [4.78, 5) is 26.7. The number of carbonyl (C=O) groups is 2. The van der Waals surface area contributed by atoms with Crippen LogP contribution in [0, 0.1) is 11.3 Å². The third-order valence-electron chi connectivity index (χ3n) is 6.95. The van der Waals surface area contributed by atoms with Crippen LogP contribution < -0.4 is 5.32 Å². The molecule has 32 heavy (non-hydrogen) atoms. The van der Waals surface area contributed by atoms with Gasteiger partial charge in [-0.3, -0.25) is 9.59 Å². The summed E-state index contributed by atoms with van der Waals surface area (Å²) in [6.45, 7) is 5.91. The molecule has 2 N–H and O–H groups in total. The fourth-order valence-corrected chi connectivity index (χ4v) is 5.30. The summed E-state index contributed by atoms with van der Waals surface area (Å²) < 4.78 is 10.9. The molecule has 2 aliphatic carbocycles. The summed E-state index contributed by atoms with van der Waals surface area (Å²) in [6.07, 6.45) is 5.65. The van der Waals surface area contributed by atoms with Gasteiger partial charge in [0.25, 0.3) is 0 Å². The minimum absolute atomic E-state index is 0.0390. The number of aliphatic hydroxyl groups excluding tert-OH is 1. The number of rotatable bonds is 9. The van der Waals surface area contributed by atoms with Gasteiger partial charge in [-0.25, -0.2) is 0 Å². The smallest absolute Gasteiger partial charge is 0.309 e. The van der Waals surface area contributed by atoms with Crippen molar-refractivity contribution in [2.24, 2.45) is 11.3 Å². The van der Waals surface area contributed by atoms with Crippen molar-refractivity contribution in [1.29, 1.82) is 0 Å². The highest BCUT2D eigenvalue weighted by Gasteiger charge is 2.48. The van der Waals surface area contributed by atoms with Crippen LogP contribution in [0.25, 0.3) is 0 Å². The maximum atomic E-state index is 13.7. The van der Waals surface area contributed by atoms with E-state index in [9.17, 15) is 14.7 Å². The molecule has 1 saturated carbocycles. The molecule has 6 nitrogen and oxygen atoms in total. The molecule has 1 fully saturated rings. The van der Waals surface area contributed by atoms with Crippen LogP contribution in [0.1, 0.15) is 70.4 Å². The van der Waals surface area contributed by atoms with E-state index >= 15 is 0 Å². The van der Waals surface area contributed by atoms with E-state index in [0.717, 1.165) is 25.7 Å². The van der Waals surface area contributed by atoms with Gasteiger partial charge in [-0.2, -0.15) is 0 Å². The number of amides is 1. The third kappa shape index (κ3) is 5.70. The second-order valence-electron chi connectivity index (χ2n) is 10.7. The average Bonchev–Trinajstić information content (AvgIpc) is 3.35. The van der Waals surface area contributed by atoms with Crippen molar-refractivity contribution in [2.45, 2.75) is 83.3 Å². The van der Waals surface area contributed by atoms with E-state index in [1.54, 1.807) is 7.11 Å². The van der Waals surface area contributed by atoms with Crippen LogP contribution in [-0.4, -0.2) is 48.4 Å². The number of ether oxygens (including phenoxy) is 2. The van der Waals surface area contributed by atoms with Gasteiger partial charge in [-0.15, -0.1) is 0 Å². The molecule has 0 aromatic heterocycles. The standard InChI is InChI=1S/C26H39NO5/c1-24(2,3)32-22(29)21(11-14-31-4)15-25(12-7-8-13-25)23(30)27-26(18-28)16-19-9-5-6-10-20(19)17-26/h5-6,9-10,21,28H,7-8,11-18H2,1-4H3,(H,27,30). The molecule has 1 unspecified atom stereocenters. The number of nitrogens with one attached hydrogen (secondary N) is 1. The highest BCUT2D eigenvalue weighted by atomic mass is 16.6. The van der Waals surface area contributed by atoms with E-state index in [1.165, 1.54) is 11.1 Å². The number of methoxy groups -OCH3 is 1. The van der Waals surface area contributed by atoms with Crippen LogP contribution in [-0.2, 0) is 31.9 Å².